The summed E-state index contributed by atoms with van der Waals surface area (Å²) in [4.78, 5) is 13.3. The fourth-order valence-corrected chi connectivity index (χ4v) is 3.53. The highest BCUT2D eigenvalue weighted by Crippen LogP contribution is 2.30. The summed E-state index contributed by atoms with van der Waals surface area (Å²) in [7, 11) is 0. The van der Waals surface area contributed by atoms with Crippen molar-refractivity contribution in [2.24, 2.45) is 0 Å². The highest BCUT2D eigenvalue weighted by molar-refractivity contribution is 6.36. The van der Waals surface area contributed by atoms with Crippen LogP contribution >= 0.6 is 11.6 Å². The zero-order valence-corrected chi connectivity index (χ0v) is 14.5. The van der Waals surface area contributed by atoms with E-state index in [-0.39, 0.29) is 5.82 Å². The van der Waals surface area contributed by atoms with Gasteiger partial charge in [-0.2, -0.15) is 0 Å². The Bertz CT molecular complexity index is 888. The summed E-state index contributed by atoms with van der Waals surface area (Å²) in [6, 6.07) is 12.7. The zero-order valence-electron chi connectivity index (χ0n) is 13.7. The molecule has 1 aromatic heterocycles. The van der Waals surface area contributed by atoms with Gasteiger partial charge in [0.25, 0.3) is 0 Å². The van der Waals surface area contributed by atoms with Gasteiger partial charge in [0.05, 0.1) is 15.9 Å². The van der Waals surface area contributed by atoms with Gasteiger partial charge in [-0.05, 0) is 18.2 Å². The standard InChI is InChI=1S/C19H18ClFN4/c20-15-5-3-7-17-18(15)19(23-13-22-17)25-10-8-24(9-11-25)12-14-4-1-2-6-16(14)21/h1-7,13H,8-12H2. The fourth-order valence-electron chi connectivity index (χ4n) is 3.28. The molecule has 3 aromatic rings. The first-order valence-electron chi connectivity index (χ1n) is 8.32. The van der Waals surface area contributed by atoms with Crippen molar-refractivity contribution >= 4 is 28.3 Å². The third-order valence-corrected chi connectivity index (χ3v) is 4.93. The molecule has 0 atom stereocenters. The van der Waals surface area contributed by atoms with Crippen molar-refractivity contribution < 1.29 is 4.39 Å². The number of benzene rings is 2. The number of hydrogen-bond donors (Lipinski definition) is 0. The van der Waals surface area contributed by atoms with E-state index in [1.54, 1.807) is 12.4 Å². The summed E-state index contributed by atoms with van der Waals surface area (Å²) < 4.78 is 13.8. The molecule has 0 saturated carbocycles. The van der Waals surface area contributed by atoms with Crippen LogP contribution in [-0.2, 0) is 6.54 Å². The molecule has 25 heavy (non-hydrogen) atoms. The van der Waals surface area contributed by atoms with E-state index in [4.69, 9.17) is 11.6 Å². The van der Waals surface area contributed by atoms with E-state index in [1.165, 1.54) is 6.07 Å². The first kappa shape index (κ1) is 16.2. The number of hydrogen-bond acceptors (Lipinski definition) is 4. The minimum Gasteiger partial charge on any atom is -0.353 e. The Morgan fingerprint density at radius 3 is 2.56 bits per heavy atom. The smallest absolute Gasteiger partial charge is 0.141 e. The van der Waals surface area contributed by atoms with Crippen molar-refractivity contribution in [2.45, 2.75) is 6.54 Å². The van der Waals surface area contributed by atoms with E-state index in [9.17, 15) is 4.39 Å². The number of rotatable bonds is 3. The third kappa shape index (κ3) is 3.30. The molecule has 2 heterocycles. The van der Waals surface area contributed by atoms with Gasteiger partial charge < -0.3 is 4.90 Å². The van der Waals surface area contributed by atoms with Crippen LogP contribution in [0.2, 0.25) is 5.02 Å². The van der Waals surface area contributed by atoms with E-state index in [0.717, 1.165) is 48.5 Å². The predicted molar refractivity (Wildman–Crippen MR) is 98.4 cm³/mol. The van der Waals surface area contributed by atoms with E-state index in [1.807, 2.05) is 30.3 Å². The molecule has 1 aliphatic rings. The predicted octanol–water partition coefficient (Wildman–Crippen LogP) is 3.74. The number of halogens is 2. The number of piperazine rings is 1. The van der Waals surface area contributed by atoms with Gasteiger partial charge in [0.1, 0.15) is 18.0 Å². The van der Waals surface area contributed by atoms with Crippen molar-refractivity contribution in [1.29, 1.82) is 0 Å². The van der Waals surface area contributed by atoms with E-state index in [2.05, 4.69) is 19.8 Å². The first-order chi connectivity index (χ1) is 12.2. The topological polar surface area (TPSA) is 32.3 Å². The van der Waals surface area contributed by atoms with Crippen LogP contribution < -0.4 is 4.90 Å². The lowest BCUT2D eigenvalue weighted by molar-refractivity contribution is 0.246. The first-order valence-corrected chi connectivity index (χ1v) is 8.70. The minimum atomic E-state index is -0.140. The zero-order chi connectivity index (χ0) is 17.2. The van der Waals surface area contributed by atoms with Crippen LogP contribution in [0.5, 0.6) is 0 Å². The van der Waals surface area contributed by atoms with Gasteiger partial charge in [-0.25, -0.2) is 14.4 Å². The molecule has 1 aliphatic heterocycles. The van der Waals surface area contributed by atoms with Gasteiger partial charge >= 0.3 is 0 Å². The maximum absolute atomic E-state index is 13.8. The second-order valence-corrected chi connectivity index (χ2v) is 6.59. The van der Waals surface area contributed by atoms with Gasteiger partial charge in [-0.3, -0.25) is 4.90 Å². The molecule has 4 nitrogen and oxygen atoms in total. The van der Waals surface area contributed by atoms with Crippen molar-refractivity contribution in [3.05, 3.63) is 65.2 Å². The molecule has 0 bridgehead atoms. The maximum Gasteiger partial charge on any atom is 0.141 e. The van der Waals surface area contributed by atoms with E-state index >= 15 is 0 Å². The number of anilines is 1. The summed E-state index contributed by atoms with van der Waals surface area (Å²) >= 11 is 6.38. The second kappa shape index (κ2) is 6.94. The van der Waals surface area contributed by atoms with Crippen LogP contribution in [0.15, 0.2) is 48.8 Å². The molecule has 1 fully saturated rings. The second-order valence-electron chi connectivity index (χ2n) is 6.19. The number of nitrogens with zero attached hydrogens (tertiary/aromatic N) is 4. The summed E-state index contributed by atoms with van der Waals surface area (Å²) in [5.41, 5.74) is 1.60. The lowest BCUT2D eigenvalue weighted by atomic mass is 10.1. The maximum atomic E-state index is 13.8. The summed E-state index contributed by atoms with van der Waals surface area (Å²) in [5.74, 6) is 0.736. The van der Waals surface area contributed by atoms with Crippen LogP contribution in [0, 0.1) is 5.82 Å². The Balaban J connectivity index is 1.50. The molecule has 1 saturated heterocycles. The highest BCUT2D eigenvalue weighted by Gasteiger charge is 2.21. The average molecular weight is 357 g/mol. The van der Waals surface area contributed by atoms with Gasteiger partial charge in [-0.15, -0.1) is 0 Å². The molecule has 0 aliphatic carbocycles. The van der Waals surface area contributed by atoms with E-state index < -0.39 is 0 Å². The third-order valence-electron chi connectivity index (χ3n) is 4.62. The van der Waals surface area contributed by atoms with Crippen molar-refractivity contribution in [2.75, 3.05) is 31.1 Å². The van der Waals surface area contributed by atoms with Gasteiger partial charge in [-0.1, -0.05) is 35.9 Å². The molecular weight excluding hydrogens is 339 g/mol. The Kier molecular flexibility index (Phi) is 4.51. The molecule has 0 radical (unpaired) electrons. The monoisotopic (exact) mass is 356 g/mol. The van der Waals surface area contributed by atoms with Crippen molar-refractivity contribution in [3.63, 3.8) is 0 Å². The van der Waals surface area contributed by atoms with Crippen molar-refractivity contribution in [3.8, 4) is 0 Å². The molecule has 0 amide bonds. The Labute approximate surface area is 150 Å². The van der Waals surface area contributed by atoms with Crippen LogP contribution in [0.1, 0.15) is 5.56 Å². The molecule has 2 aromatic carbocycles. The molecule has 6 heteroatoms. The molecule has 0 N–H and O–H groups in total. The quantitative estimate of drug-likeness (QED) is 0.715. The van der Waals surface area contributed by atoms with Gasteiger partial charge in [0.2, 0.25) is 0 Å². The van der Waals surface area contributed by atoms with Crippen LogP contribution in [-0.4, -0.2) is 41.0 Å². The normalized spacial score (nSPS) is 15.7. The molecule has 128 valence electrons. The van der Waals surface area contributed by atoms with Crippen LogP contribution in [0.3, 0.4) is 0 Å². The Morgan fingerprint density at radius 1 is 0.960 bits per heavy atom. The van der Waals surface area contributed by atoms with Gasteiger partial charge in [0.15, 0.2) is 0 Å². The SMILES string of the molecule is Fc1ccccc1CN1CCN(c2ncnc3cccc(Cl)c23)CC1. The highest BCUT2D eigenvalue weighted by atomic mass is 35.5. The largest absolute Gasteiger partial charge is 0.353 e. The number of aromatic nitrogens is 2. The molecular formula is C19H18ClFN4. The van der Waals surface area contributed by atoms with Gasteiger partial charge in [0, 0.05) is 38.3 Å². The van der Waals surface area contributed by atoms with E-state index in [0.29, 0.717) is 11.6 Å². The summed E-state index contributed by atoms with van der Waals surface area (Å²) in [5, 5.41) is 1.57. The number of fused-ring (bicyclic) bond motifs is 1. The minimum absolute atomic E-state index is 0.140. The Hall–Kier alpha value is -2.24. The Morgan fingerprint density at radius 2 is 1.76 bits per heavy atom. The van der Waals surface area contributed by atoms with Crippen LogP contribution in [0.4, 0.5) is 10.2 Å². The van der Waals surface area contributed by atoms with Crippen LogP contribution in [0.25, 0.3) is 10.9 Å². The summed E-state index contributed by atoms with van der Waals surface area (Å²) in [6.45, 7) is 3.98. The lowest BCUT2D eigenvalue weighted by Gasteiger charge is -2.35. The molecule has 0 spiro atoms. The summed E-state index contributed by atoms with van der Waals surface area (Å²) in [6.07, 6.45) is 1.58. The van der Waals surface area contributed by atoms with Crippen molar-refractivity contribution in [1.82, 2.24) is 14.9 Å². The fraction of sp³-hybridized carbons (Fsp3) is 0.263. The lowest BCUT2D eigenvalue weighted by Crippen LogP contribution is -2.46. The average Bonchev–Trinajstić information content (AvgIpc) is 2.64. The molecule has 0 unspecified atom stereocenters. The molecule has 4 rings (SSSR count).